The summed E-state index contributed by atoms with van der Waals surface area (Å²) in [6.45, 7) is 0.351. The maximum absolute atomic E-state index is 14.2. The van der Waals surface area contributed by atoms with Crippen molar-refractivity contribution in [1.29, 1.82) is 0 Å². The minimum absolute atomic E-state index is 0.0672. The van der Waals surface area contributed by atoms with Gasteiger partial charge in [0.05, 0.1) is 23.5 Å². The second kappa shape index (κ2) is 16.7. The Morgan fingerprint density at radius 2 is 1.24 bits per heavy atom. The van der Waals surface area contributed by atoms with Gasteiger partial charge in [-0.2, -0.15) is 83.4 Å². The molecule has 3 N–H and O–H groups in total. The largest absolute Gasteiger partial charge is 0.464 e. The lowest BCUT2D eigenvalue weighted by Gasteiger charge is -2.43. The topological polar surface area (TPSA) is 145 Å². The molecule has 0 fully saturated rings. The number of hydrogen-bond donors (Lipinski definition) is 3. The Morgan fingerprint density at radius 3 is 1.67 bits per heavy atom. The summed E-state index contributed by atoms with van der Waals surface area (Å²) in [5, 5.41) is 16.4. The zero-order valence-electron chi connectivity index (χ0n) is 27.7. The van der Waals surface area contributed by atoms with Crippen LogP contribution in [0.4, 0.5) is 99.9 Å². The summed E-state index contributed by atoms with van der Waals surface area (Å²) in [4.78, 5) is 34.7. The number of hydrogen-bond acceptors (Lipinski definition) is 9. The van der Waals surface area contributed by atoms with Crippen LogP contribution in [-0.4, -0.2) is 99.1 Å². The Hall–Kier alpha value is -3.21. The lowest BCUT2D eigenvalue weighted by molar-refractivity contribution is -0.468. The average Bonchev–Trinajstić information content (AvgIpc) is 3.46. The van der Waals surface area contributed by atoms with E-state index in [4.69, 9.17) is 21.4 Å². The van der Waals surface area contributed by atoms with Gasteiger partial charge < -0.3 is 24.5 Å². The number of alkyl halides is 19. The molecule has 32 heteroatoms. The molecule has 332 valence electrons. The number of halogens is 20. The van der Waals surface area contributed by atoms with E-state index in [9.17, 15) is 97.9 Å². The number of carbonyl (C=O) groups excluding carboxylic acids is 1. The fraction of sp³-hybridized carbons (Fsp3) is 0.615. The zero-order chi connectivity index (χ0) is 45.5. The molecule has 0 aliphatic carbocycles. The van der Waals surface area contributed by atoms with Crippen molar-refractivity contribution in [2.45, 2.75) is 79.2 Å². The summed E-state index contributed by atoms with van der Waals surface area (Å²) >= 11 is 6.23. The molecule has 1 heterocycles. The van der Waals surface area contributed by atoms with Crippen LogP contribution in [0.25, 0.3) is 0 Å². The van der Waals surface area contributed by atoms with Crippen LogP contribution >= 0.6 is 30.5 Å². The van der Waals surface area contributed by atoms with Gasteiger partial charge in [0.25, 0.3) is 0 Å². The number of ether oxygens (including phenoxy) is 1. The van der Waals surface area contributed by atoms with E-state index < -0.39 is 102 Å². The van der Waals surface area contributed by atoms with Gasteiger partial charge in [0.2, 0.25) is 5.13 Å². The predicted molar refractivity (Wildman–Crippen MR) is 158 cm³/mol. The fourth-order valence-electron chi connectivity index (χ4n) is 4.11. The van der Waals surface area contributed by atoms with E-state index in [0.717, 1.165) is 0 Å². The second-order valence-corrected chi connectivity index (χ2v) is 14.4. The van der Waals surface area contributed by atoms with Crippen molar-refractivity contribution >= 4 is 53.0 Å². The van der Waals surface area contributed by atoms with Crippen LogP contribution in [-0.2, 0) is 14.1 Å². The number of azo groups is 1. The Labute approximate surface area is 318 Å². The van der Waals surface area contributed by atoms with Gasteiger partial charge in [-0.15, -0.1) is 10.2 Å². The first-order chi connectivity index (χ1) is 25.8. The molecule has 0 radical (unpaired) electrons. The molecule has 0 bridgehead atoms. The minimum atomic E-state index is -9.04. The summed E-state index contributed by atoms with van der Waals surface area (Å²) in [7, 11) is -5.01. The highest BCUT2D eigenvalue weighted by Gasteiger charge is 2.96. The number of likely N-dealkylation sites (N-methyl/N-ethyl adjacent to an activating group) is 1. The maximum atomic E-state index is 14.2. The Bertz CT molecular complexity index is 1840. The molecule has 1 unspecified atom stereocenters. The number of rotatable bonds is 19. The van der Waals surface area contributed by atoms with Gasteiger partial charge >= 0.3 is 67.1 Å². The molecule has 2 aromatic rings. The monoisotopic (exact) mass is 944 g/mol. The molecule has 1 aromatic heterocycles. The van der Waals surface area contributed by atoms with Crippen LogP contribution in [0.2, 0.25) is 5.15 Å². The molecular weight excluding hydrogens is 924 g/mol. The smallest absolute Gasteiger partial charge is 0.460 e. The maximum Gasteiger partial charge on any atom is 0.460 e. The lowest BCUT2D eigenvalue weighted by atomic mass is 9.86. The van der Waals surface area contributed by atoms with Gasteiger partial charge in [-0.25, -0.2) is 4.98 Å². The highest BCUT2D eigenvalue weighted by Crippen LogP contribution is 2.65. The molecule has 2 rings (SSSR count). The molecule has 0 aliphatic rings. The van der Waals surface area contributed by atoms with Gasteiger partial charge in [-0.3, -0.25) is 9.36 Å². The number of anilines is 1. The van der Waals surface area contributed by atoms with Crippen LogP contribution in [0, 0.1) is 0 Å². The van der Waals surface area contributed by atoms with E-state index in [2.05, 4.69) is 19.9 Å². The van der Waals surface area contributed by atoms with Gasteiger partial charge in [-0.05, 0) is 31.2 Å². The third-order valence-electron chi connectivity index (χ3n) is 7.45. The van der Waals surface area contributed by atoms with Gasteiger partial charge in [0.15, 0.2) is 5.85 Å². The second-order valence-electron chi connectivity index (χ2n) is 11.4. The molecule has 0 amide bonds. The zero-order valence-corrected chi connectivity index (χ0v) is 30.2. The predicted octanol–water partition coefficient (Wildman–Crippen LogP) is 10.2. The summed E-state index contributed by atoms with van der Waals surface area (Å²) in [6.07, 6.45) is -13.2. The minimum Gasteiger partial charge on any atom is -0.464 e. The third-order valence-corrected chi connectivity index (χ3v) is 9.91. The summed E-state index contributed by atoms with van der Waals surface area (Å²) in [5.41, 5.74) is 0.396. The Morgan fingerprint density at radius 1 is 0.793 bits per heavy atom. The van der Waals surface area contributed by atoms with Crippen molar-refractivity contribution in [2.24, 2.45) is 10.2 Å². The Balaban J connectivity index is 2.12. The van der Waals surface area contributed by atoms with Crippen LogP contribution in [0.5, 0.6) is 0 Å². The number of nitrogens with zero attached hydrogens (tertiary/aromatic N) is 4. The summed E-state index contributed by atoms with van der Waals surface area (Å²) in [5.74, 6) is -72.0. The first kappa shape index (κ1) is 50.9. The number of carbonyl (C=O) groups is 1. The number of benzene rings is 1. The highest BCUT2D eigenvalue weighted by molar-refractivity contribution is 7.52. The molecule has 1 atom stereocenters. The molecule has 1 aromatic carbocycles. The standard InChI is InChI=1S/C26H21ClF19N4O6PS/c1-2-50(12-5-3-11(4-6-12)48-49-17-47-15(27)14(58-17)16(52)57(53,54)55)9-10-56-13(51)7-8-18(28,29)19(30,31)20(32,33)21(34,35)22(36,37)23(38,39)24(40,41)25(42,43)26(44,45)46/h3-6,16,52H,2,7-10H2,1H3,(H2,53,54,55)/b49-48+. The van der Waals surface area contributed by atoms with Gasteiger partial charge in [-0.1, -0.05) is 22.9 Å². The number of aliphatic hydroxyl groups is 1. The number of aromatic nitrogens is 1. The van der Waals surface area contributed by atoms with Gasteiger partial charge in [0, 0.05) is 18.7 Å². The van der Waals surface area contributed by atoms with Gasteiger partial charge in [0.1, 0.15) is 11.8 Å². The van der Waals surface area contributed by atoms with Crippen molar-refractivity contribution in [3.05, 3.63) is 34.3 Å². The van der Waals surface area contributed by atoms with Crippen molar-refractivity contribution in [3.8, 4) is 0 Å². The Kier molecular flexibility index (Phi) is 14.7. The summed E-state index contributed by atoms with van der Waals surface area (Å²) < 4.78 is 272. The van der Waals surface area contributed by atoms with E-state index in [0.29, 0.717) is 17.0 Å². The van der Waals surface area contributed by atoms with E-state index in [1.54, 1.807) is 0 Å². The first-order valence-corrected chi connectivity index (χ1v) is 17.6. The number of aliphatic hydroxyl groups excluding tert-OH is 1. The number of thiazole rings is 1. The third kappa shape index (κ3) is 9.24. The SMILES string of the molecule is CCN(CCOC(=O)CCC(F)(F)C(F)(F)C(F)(F)C(F)(F)C(F)(F)C(F)(F)C(F)(F)C(F)(F)C(F)(F)F)c1ccc(/N=N/c2nc(Cl)c(C(O)P(=O)(O)O)s2)cc1. The normalized spacial score (nSPS) is 15.2. The lowest BCUT2D eigenvalue weighted by Crippen LogP contribution is -2.75. The molecule has 10 nitrogen and oxygen atoms in total. The molecule has 0 saturated heterocycles. The van der Waals surface area contributed by atoms with Crippen LogP contribution in [0.1, 0.15) is 30.5 Å². The quantitative estimate of drug-likeness (QED) is 0.0547. The molecular formula is C26H21ClF19N4O6PS. The van der Waals surface area contributed by atoms with E-state index in [-0.39, 0.29) is 23.9 Å². The van der Waals surface area contributed by atoms with E-state index in [1.807, 2.05) is 0 Å². The van der Waals surface area contributed by atoms with Crippen molar-refractivity contribution in [1.82, 2.24) is 4.98 Å². The van der Waals surface area contributed by atoms with Crippen LogP contribution in [0.15, 0.2) is 34.5 Å². The van der Waals surface area contributed by atoms with E-state index in [1.165, 1.54) is 36.1 Å². The first-order valence-electron chi connectivity index (χ1n) is 14.7. The summed E-state index contributed by atoms with van der Waals surface area (Å²) in [6, 6.07) is 5.29. The molecule has 58 heavy (non-hydrogen) atoms. The van der Waals surface area contributed by atoms with Crippen LogP contribution < -0.4 is 4.90 Å². The van der Waals surface area contributed by atoms with E-state index >= 15 is 0 Å². The number of esters is 1. The fourth-order valence-corrected chi connectivity index (χ4v) is 6.18. The van der Waals surface area contributed by atoms with Crippen molar-refractivity contribution < 1.29 is 112 Å². The highest BCUT2D eigenvalue weighted by atomic mass is 35.5. The molecule has 0 saturated carbocycles. The van der Waals surface area contributed by atoms with Crippen LogP contribution in [0.3, 0.4) is 0 Å². The molecule has 0 aliphatic heterocycles. The molecule has 0 spiro atoms. The van der Waals surface area contributed by atoms with Crippen molar-refractivity contribution in [2.75, 3.05) is 24.6 Å². The van der Waals surface area contributed by atoms with Crippen molar-refractivity contribution in [3.63, 3.8) is 0 Å². The average molecular weight is 945 g/mol.